The van der Waals surface area contributed by atoms with Crippen molar-refractivity contribution in [3.63, 3.8) is 0 Å². The van der Waals surface area contributed by atoms with Crippen LogP contribution < -0.4 is 4.74 Å². The molecule has 0 saturated heterocycles. The highest BCUT2D eigenvalue weighted by Gasteiger charge is 1.98. The average Bonchev–Trinajstić information content (AvgIpc) is 2.01. The number of rotatable bonds is 2. The number of ether oxygens (including phenoxy) is 1. The third kappa shape index (κ3) is 1.97. The number of benzene rings is 1. The first-order valence-corrected chi connectivity index (χ1v) is 3.67. The Balaban J connectivity index is 2.84. The van der Waals surface area contributed by atoms with Crippen molar-refractivity contribution in [3.8, 4) is 5.75 Å². The lowest BCUT2D eigenvalue weighted by Crippen LogP contribution is -1.88. The highest BCUT2D eigenvalue weighted by Crippen LogP contribution is 2.19. The summed E-state index contributed by atoms with van der Waals surface area (Å²) in [6, 6.07) is 7.17. The van der Waals surface area contributed by atoms with Crippen LogP contribution in [-0.4, -0.2) is 7.04 Å². The summed E-state index contributed by atoms with van der Waals surface area (Å²) in [5.74, 6) is 0.770. The number of hydrogen-bond acceptors (Lipinski definition) is 1. The maximum atomic E-state index is 6.96. The zero-order valence-corrected chi connectivity index (χ0v) is 6.79. The van der Waals surface area contributed by atoms with Crippen LogP contribution in [0, 0.1) is 0 Å². The molecule has 0 aliphatic rings. The third-order valence-electron chi connectivity index (χ3n) is 1.64. The van der Waals surface area contributed by atoms with Gasteiger partial charge in [-0.3, -0.25) is 0 Å². The van der Waals surface area contributed by atoms with Gasteiger partial charge in [-0.05, 0) is 23.6 Å². The van der Waals surface area contributed by atoms with Crippen molar-refractivity contribution in [2.75, 3.05) is 7.04 Å². The Hall–Kier alpha value is -0.980. The molecule has 0 spiro atoms. The summed E-state index contributed by atoms with van der Waals surface area (Å²) in [6.07, 6.45) is 0. The van der Waals surface area contributed by atoms with E-state index in [-0.39, 0.29) is 0 Å². The van der Waals surface area contributed by atoms with Gasteiger partial charge in [-0.2, -0.15) is 0 Å². The van der Waals surface area contributed by atoms with E-state index in [2.05, 4.69) is 13.8 Å². The van der Waals surface area contributed by atoms with E-state index in [0.29, 0.717) is 11.7 Å². The normalized spacial score (nSPS) is 15.4. The molecule has 0 fully saturated rings. The zero-order chi connectivity index (χ0) is 10.8. The first-order valence-electron chi connectivity index (χ1n) is 5.17. The van der Waals surface area contributed by atoms with E-state index in [1.54, 1.807) is 18.2 Å². The van der Waals surface area contributed by atoms with E-state index in [1.165, 1.54) is 0 Å². The molecule has 0 aromatic heterocycles. The molecular formula is C10H14O. The molecule has 1 aromatic rings. The van der Waals surface area contributed by atoms with Crippen LogP contribution in [0.1, 0.15) is 29.4 Å². The molecule has 1 nitrogen and oxygen atoms in total. The molecule has 11 heavy (non-hydrogen) atoms. The van der Waals surface area contributed by atoms with Crippen LogP contribution in [0.25, 0.3) is 0 Å². The predicted octanol–water partition coefficient (Wildman–Crippen LogP) is 2.82. The summed E-state index contributed by atoms with van der Waals surface area (Å²) < 4.78 is 25.7. The number of methoxy groups -OCH3 is 1. The molecule has 0 aliphatic heterocycles. The van der Waals surface area contributed by atoms with Crippen molar-refractivity contribution in [1.82, 2.24) is 0 Å². The monoisotopic (exact) mass is 153 g/mol. The molecule has 1 aromatic carbocycles. The van der Waals surface area contributed by atoms with Crippen molar-refractivity contribution in [3.05, 3.63) is 29.8 Å². The van der Waals surface area contributed by atoms with E-state index < -0.39 is 7.04 Å². The number of hydrogen-bond donors (Lipinski definition) is 0. The fourth-order valence-electron chi connectivity index (χ4n) is 0.937. The van der Waals surface area contributed by atoms with E-state index in [9.17, 15) is 0 Å². The Labute approximate surface area is 72.2 Å². The lowest BCUT2D eigenvalue weighted by atomic mass is 10.0. The van der Waals surface area contributed by atoms with Gasteiger partial charge in [-0.15, -0.1) is 0 Å². The minimum Gasteiger partial charge on any atom is -0.497 e. The summed E-state index contributed by atoms with van der Waals surface area (Å²) in [4.78, 5) is 0. The fourth-order valence-corrected chi connectivity index (χ4v) is 0.937. The lowest BCUT2D eigenvalue weighted by Gasteiger charge is -2.06. The summed E-state index contributed by atoms with van der Waals surface area (Å²) >= 11 is 0. The predicted molar refractivity (Wildman–Crippen MR) is 47.1 cm³/mol. The minimum absolute atomic E-state index is 0.371. The van der Waals surface area contributed by atoms with Crippen LogP contribution in [0.3, 0.4) is 0 Å². The quantitative estimate of drug-likeness (QED) is 0.634. The van der Waals surface area contributed by atoms with Gasteiger partial charge < -0.3 is 4.74 Å². The second kappa shape index (κ2) is 3.42. The molecule has 0 N–H and O–H groups in total. The average molecular weight is 153 g/mol. The smallest absolute Gasteiger partial charge is 0.119 e. The van der Waals surface area contributed by atoms with Crippen molar-refractivity contribution in [2.45, 2.75) is 19.8 Å². The van der Waals surface area contributed by atoms with Gasteiger partial charge in [0.1, 0.15) is 5.75 Å². The van der Waals surface area contributed by atoms with Gasteiger partial charge in [0.25, 0.3) is 0 Å². The van der Waals surface area contributed by atoms with Crippen LogP contribution in [0.4, 0.5) is 0 Å². The van der Waals surface area contributed by atoms with Crippen LogP contribution in [0.2, 0.25) is 0 Å². The van der Waals surface area contributed by atoms with Gasteiger partial charge in [0, 0.05) is 0 Å². The molecule has 60 valence electrons. The molecule has 0 atom stereocenters. The van der Waals surface area contributed by atoms with Gasteiger partial charge in [0.15, 0.2) is 0 Å². The summed E-state index contributed by atoms with van der Waals surface area (Å²) in [5, 5.41) is 0. The molecule has 0 bridgehead atoms. The van der Waals surface area contributed by atoms with Gasteiger partial charge in [0.05, 0.1) is 11.2 Å². The summed E-state index contributed by atoms with van der Waals surface area (Å²) in [5.41, 5.74) is 1.08. The van der Waals surface area contributed by atoms with Gasteiger partial charge in [-0.1, -0.05) is 26.0 Å². The van der Waals surface area contributed by atoms with Crippen molar-refractivity contribution < 1.29 is 8.85 Å². The van der Waals surface area contributed by atoms with Crippen LogP contribution in [0.5, 0.6) is 5.75 Å². The van der Waals surface area contributed by atoms with Crippen LogP contribution in [-0.2, 0) is 0 Å². The van der Waals surface area contributed by atoms with Crippen LogP contribution in [0.15, 0.2) is 24.3 Å². The van der Waals surface area contributed by atoms with Gasteiger partial charge in [-0.25, -0.2) is 0 Å². The molecule has 0 aliphatic carbocycles. The Bertz CT molecular complexity index is 304. The first kappa shape index (κ1) is 4.81. The Kier molecular flexibility index (Phi) is 1.50. The lowest BCUT2D eigenvalue weighted by molar-refractivity contribution is 0.414. The minimum atomic E-state index is -2.37. The maximum absolute atomic E-state index is 6.96. The van der Waals surface area contributed by atoms with Gasteiger partial charge >= 0.3 is 0 Å². The van der Waals surface area contributed by atoms with Crippen LogP contribution >= 0.6 is 0 Å². The highest BCUT2D eigenvalue weighted by molar-refractivity contribution is 5.29. The molecular weight excluding hydrogens is 136 g/mol. The fraction of sp³-hybridized carbons (Fsp3) is 0.400. The van der Waals surface area contributed by atoms with E-state index in [4.69, 9.17) is 8.85 Å². The summed E-state index contributed by atoms with van der Waals surface area (Å²) in [7, 11) is -2.37. The molecule has 0 heterocycles. The molecule has 0 radical (unpaired) electrons. The topological polar surface area (TPSA) is 9.23 Å². The maximum Gasteiger partial charge on any atom is 0.119 e. The molecule has 1 rings (SSSR count). The molecule has 0 saturated carbocycles. The Morgan fingerprint density at radius 1 is 1.45 bits per heavy atom. The molecule has 0 unspecified atom stereocenters. The molecule has 0 amide bonds. The first-order chi connectivity index (χ1) is 6.38. The summed E-state index contributed by atoms with van der Waals surface area (Å²) in [6.45, 7) is 4.10. The standard InChI is InChI=1S/C10H14O/c1-8(2)9-5-4-6-10(7-9)11-3/h4-8H,1-3H3/i3D3. The zero-order valence-electron chi connectivity index (χ0n) is 9.79. The van der Waals surface area contributed by atoms with Crippen molar-refractivity contribution in [2.24, 2.45) is 0 Å². The van der Waals surface area contributed by atoms with E-state index in [0.717, 1.165) is 5.56 Å². The Morgan fingerprint density at radius 3 is 2.91 bits per heavy atom. The third-order valence-corrected chi connectivity index (χ3v) is 1.64. The highest BCUT2D eigenvalue weighted by atomic mass is 16.5. The van der Waals surface area contributed by atoms with Crippen molar-refractivity contribution in [1.29, 1.82) is 0 Å². The Morgan fingerprint density at radius 2 is 2.27 bits per heavy atom. The SMILES string of the molecule is [2H]C([2H])([2H])Oc1cccc(C(C)C)c1. The van der Waals surface area contributed by atoms with E-state index in [1.807, 2.05) is 6.07 Å². The second-order valence-electron chi connectivity index (χ2n) is 2.83. The van der Waals surface area contributed by atoms with Crippen molar-refractivity contribution >= 4 is 0 Å². The molecule has 1 heteroatoms. The second-order valence-corrected chi connectivity index (χ2v) is 2.83. The largest absolute Gasteiger partial charge is 0.497 e. The van der Waals surface area contributed by atoms with E-state index >= 15 is 0 Å². The van der Waals surface area contributed by atoms with Gasteiger partial charge in [0.2, 0.25) is 0 Å².